The number of carbonyl (C=O) groups is 1. The first-order valence-electron chi connectivity index (χ1n) is 8.55. The average Bonchev–Trinajstić information content (AvgIpc) is 2.44. The smallest absolute Gasteiger partial charge is 0.410 e. The van der Waals surface area contributed by atoms with Crippen LogP contribution in [0.3, 0.4) is 0 Å². The van der Waals surface area contributed by atoms with Gasteiger partial charge in [-0.15, -0.1) is 0 Å². The summed E-state index contributed by atoms with van der Waals surface area (Å²) in [7, 11) is 0. The van der Waals surface area contributed by atoms with Gasteiger partial charge < -0.3 is 18.7 Å². The minimum atomic E-state index is -2.12. The molecule has 7 heteroatoms. The Morgan fingerprint density at radius 3 is 2.13 bits per heavy atom. The van der Waals surface area contributed by atoms with Crippen LogP contribution in [-0.2, 0) is 25.6 Å². The van der Waals surface area contributed by atoms with Crippen molar-refractivity contribution in [1.82, 2.24) is 4.90 Å². The Labute approximate surface area is 146 Å². The van der Waals surface area contributed by atoms with Gasteiger partial charge in [-0.1, -0.05) is 0 Å². The molecule has 1 heterocycles. The molecular weight excluding hydrogens is 333 g/mol. The number of carbonyl (C=O) groups excluding carboxylic acids is 1. The lowest BCUT2D eigenvalue weighted by Gasteiger charge is -2.34. The number of hydrogen-bond donors (Lipinski definition) is 0. The van der Waals surface area contributed by atoms with Crippen LogP contribution < -0.4 is 0 Å². The number of likely N-dealkylation sites (tertiary alicyclic amines) is 1. The summed E-state index contributed by atoms with van der Waals surface area (Å²) in [5.74, 6) is 0.580. The van der Waals surface area contributed by atoms with Crippen LogP contribution in [0, 0.1) is 5.92 Å². The molecule has 1 fully saturated rings. The van der Waals surface area contributed by atoms with Crippen molar-refractivity contribution < 1.29 is 18.6 Å². The van der Waals surface area contributed by atoms with E-state index in [4.69, 9.17) is 25.6 Å². The molecular formula is C16H32NO4PS. The summed E-state index contributed by atoms with van der Waals surface area (Å²) in [6, 6.07) is 0. The van der Waals surface area contributed by atoms with E-state index in [1.807, 2.05) is 39.5 Å². The topological polar surface area (TPSA) is 48.0 Å². The predicted molar refractivity (Wildman–Crippen MR) is 97.6 cm³/mol. The van der Waals surface area contributed by atoms with Gasteiger partial charge in [-0.05, 0) is 71.6 Å². The highest BCUT2D eigenvalue weighted by Crippen LogP contribution is 2.50. The molecule has 0 radical (unpaired) electrons. The van der Waals surface area contributed by atoms with Gasteiger partial charge >= 0.3 is 6.09 Å². The van der Waals surface area contributed by atoms with Crippen LogP contribution in [0.25, 0.3) is 0 Å². The molecule has 136 valence electrons. The molecule has 23 heavy (non-hydrogen) atoms. The number of hydrogen-bond acceptors (Lipinski definition) is 5. The van der Waals surface area contributed by atoms with Crippen molar-refractivity contribution in [2.75, 3.05) is 32.5 Å². The van der Waals surface area contributed by atoms with Gasteiger partial charge in [-0.3, -0.25) is 0 Å². The monoisotopic (exact) mass is 365 g/mol. The van der Waals surface area contributed by atoms with Crippen molar-refractivity contribution in [3.63, 3.8) is 0 Å². The van der Waals surface area contributed by atoms with Crippen LogP contribution in [0.2, 0.25) is 0 Å². The summed E-state index contributed by atoms with van der Waals surface area (Å²) in [6.45, 7) is 10.2. The second-order valence-electron chi connectivity index (χ2n) is 6.87. The van der Waals surface area contributed by atoms with E-state index < -0.39 is 12.1 Å². The number of piperidine rings is 1. The summed E-state index contributed by atoms with van der Waals surface area (Å²) in [5, 5.41) is 0. The van der Waals surface area contributed by atoms with E-state index in [0.29, 0.717) is 19.1 Å². The molecule has 1 aliphatic heterocycles. The second kappa shape index (κ2) is 9.36. The zero-order valence-electron chi connectivity index (χ0n) is 15.2. The van der Waals surface area contributed by atoms with Gasteiger partial charge in [0.25, 0.3) is 0 Å². The number of nitrogens with zero attached hydrogens (tertiary/aromatic N) is 1. The summed E-state index contributed by atoms with van der Waals surface area (Å²) >= 11 is 5.58. The minimum Gasteiger partial charge on any atom is -0.444 e. The second-order valence-corrected chi connectivity index (χ2v) is 10.7. The molecule has 0 N–H and O–H groups in total. The molecule has 0 aromatic heterocycles. The summed E-state index contributed by atoms with van der Waals surface area (Å²) in [5.41, 5.74) is -0.435. The van der Waals surface area contributed by atoms with Crippen LogP contribution >= 0.6 is 6.49 Å². The molecule has 1 amide bonds. The van der Waals surface area contributed by atoms with Gasteiger partial charge in [0.2, 0.25) is 0 Å². The first-order valence-corrected chi connectivity index (χ1v) is 11.4. The highest BCUT2D eigenvalue weighted by Gasteiger charge is 2.28. The Balaban J connectivity index is 2.39. The quantitative estimate of drug-likeness (QED) is 0.626. The largest absolute Gasteiger partial charge is 0.444 e. The third-order valence-corrected chi connectivity index (χ3v) is 7.02. The van der Waals surface area contributed by atoms with Crippen LogP contribution in [0.5, 0.6) is 0 Å². The Hall–Kier alpha value is -0.160. The number of rotatable bonds is 7. The van der Waals surface area contributed by atoms with Crippen LogP contribution in [-0.4, -0.2) is 49.1 Å². The van der Waals surface area contributed by atoms with Gasteiger partial charge in [0.15, 0.2) is 6.49 Å². The molecule has 5 nitrogen and oxygen atoms in total. The van der Waals surface area contributed by atoms with E-state index in [1.54, 1.807) is 0 Å². The maximum Gasteiger partial charge on any atom is 0.410 e. The lowest BCUT2D eigenvalue weighted by atomic mass is 9.95. The van der Waals surface area contributed by atoms with Crippen molar-refractivity contribution in [3.8, 4) is 0 Å². The maximum atomic E-state index is 12.1. The molecule has 1 saturated heterocycles. The summed E-state index contributed by atoms with van der Waals surface area (Å²) < 4.78 is 16.8. The minimum absolute atomic E-state index is 0.204. The van der Waals surface area contributed by atoms with E-state index in [9.17, 15) is 4.79 Å². The lowest BCUT2D eigenvalue weighted by molar-refractivity contribution is 0.0182. The lowest BCUT2D eigenvalue weighted by Crippen LogP contribution is -2.41. The van der Waals surface area contributed by atoms with Crippen LogP contribution in [0.15, 0.2) is 0 Å². The van der Waals surface area contributed by atoms with E-state index in [-0.39, 0.29) is 6.09 Å². The third kappa shape index (κ3) is 7.97. The average molecular weight is 365 g/mol. The van der Waals surface area contributed by atoms with Gasteiger partial charge in [-0.25, -0.2) is 4.79 Å². The van der Waals surface area contributed by atoms with Crippen molar-refractivity contribution >= 4 is 24.4 Å². The third-order valence-electron chi connectivity index (χ3n) is 3.73. The van der Waals surface area contributed by atoms with Crippen molar-refractivity contribution in [2.24, 2.45) is 5.92 Å². The van der Waals surface area contributed by atoms with Crippen molar-refractivity contribution in [2.45, 2.75) is 59.5 Å². The van der Waals surface area contributed by atoms with Gasteiger partial charge in [0.1, 0.15) is 5.60 Å². The molecule has 0 aromatic carbocycles. The molecule has 0 unspecified atom stereocenters. The summed E-state index contributed by atoms with van der Waals surface area (Å²) in [4.78, 5) is 13.9. The van der Waals surface area contributed by atoms with E-state index in [1.165, 1.54) is 0 Å². The molecule has 0 atom stereocenters. The van der Waals surface area contributed by atoms with Gasteiger partial charge in [-0.2, -0.15) is 0 Å². The Morgan fingerprint density at radius 1 is 1.17 bits per heavy atom. The Bertz CT molecular complexity index is 407. The molecule has 0 aliphatic carbocycles. The zero-order chi connectivity index (χ0) is 17.5. The van der Waals surface area contributed by atoms with Gasteiger partial charge in [0, 0.05) is 19.3 Å². The van der Waals surface area contributed by atoms with Crippen molar-refractivity contribution in [3.05, 3.63) is 0 Å². The first kappa shape index (κ1) is 20.9. The predicted octanol–water partition coefficient (Wildman–Crippen LogP) is 4.41. The van der Waals surface area contributed by atoms with E-state index in [2.05, 4.69) is 0 Å². The van der Waals surface area contributed by atoms with Crippen molar-refractivity contribution in [1.29, 1.82) is 0 Å². The first-order chi connectivity index (χ1) is 10.7. The van der Waals surface area contributed by atoms with E-state index in [0.717, 1.165) is 38.5 Å². The molecule has 1 aliphatic rings. The normalized spacial score (nSPS) is 17.3. The fourth-order valence-electron chi connectivity index (χ4n) is 2.63. The van der Waals surface area contributed by atoms with Crippen LogP contribution in [0.4, 0.5) is 4.79 Å². The van der Waals surface area contributed by atoms with E-state index >= 15 is 0 Å². The number of amides is 1. The molecule has 0 spiro atoms. The maximum absolute atomic E-state index is 12.1. The fraction of sp³-hybridized carbons (Fsp3) is 0.938. The molecule has 0 aromatic rings. The summed E-state index contributed by atoms with van der Waals surface area (Å²) in [6.07, 6.45) is 3.62. The van der Waals surface area contributed by atoms with Gasteiger partial charge in [0.05, 0.1) is 13.2 Å². The molecule has 0 bridgehead atoms. The standard InChI is InChI=1S/C16H32NO4PS/c1-6-19-22(23,20-7-2)13-10-14-8-11-17(12-9-14)15(18)21-16(3,4)5/h14H,6-13H2,1-5H3. The zero-order valence-corrected chi connectivity index (χ0v) is 16.9. The molecule has 0 saturated carbocycles. The molecule has 1 rings (SSSR count). The highest BCUT2D eigenvalue weighted by molar-refractivity contribution is 8.09. The Morgan fingerprint density at radius 2 is 1.70 bits per heavy atom. The SMILES string of the molecule is CCOP(=S)(CCC1CCN(C(=O)OC(C)(C)C)CC1)OCC. The number of ether oxygens (including phenoxy) is 1. The van der Waals surface area contributed by atoms with Crippen LogP contribution in [0.1, 0.15) is 53.9 Å². The fourth-order valence-corrected chi connectivity index (χ4v) is 5.38. The highest BCUT2D eigenvalue weighted by atomic mass is 32.5. The Kier molecular flexibility index (Phi) is 8.50.